The minimum Gasteiger partial charge on any atom is -0.310 e. The predicted octanol–water partition coefficient (Wildman–Crippen LogP) is 3.82. The molecule has 1 saturated carbocycles. The van der Waals surface area contributed by atoms with Crippen molar-refractivity contribution in [2.45, 2.75) is 65.8 Å². The van der Waals surface area contributed by atoms with Gasteiger partial charge in [0, 0.05) is 6.04 Å². The number of aryl methyl sites for hydroxylation is 2. The number of hydrogen-bond donors (Lipinski definition) is 1. The van der Waals surface area contributed by atoms with Gasteiger partial charge >= 0.3 is 0 Å². The molecule has 0 radical (unpaired) electrons. The summed E-state index contributed by atoms with van der Waals surface area (Å²) in [7, 11) is 0. The Morgan fingerprint density at radius 2 is 1.90 bits per heavy atom. The van der Waals surface area contributed by atoms with Gasteiger partial charge in [-0.3, -0.25) is 0 Å². The minimum absolute atomic E-state index is 0.455. The van der Waals surface area contributed by atoms with Crippen molar-refractivity contribution in [1.29, 1.82) is 0 Å². The van der Waals surface area contributed by atoms with Gasteiger partial charge in [-0.15, -0.1) is 0 Å². The number of nitrogens with one attached hydrogen (secondary N) is 1. The molecule has 1 aliphatic carbocycles. The molecule has 1 aliphatic rings. The van der Waals surface area contributed by atoms with Crippen LogP contribution in [-0.4, -0.2) is 16.7 Å². The van der Waals surface area contributed by atoms with Crippen LogP contribution in [0.15, 0.2) is 6.07 Å². The molecular formula is C17H29N3. The average molecular weight is 275 g/mol. The van der Waals surface area contributed by atoms with Crippen LogP contribution in [-0.2, 0) is 6.42 Å². The van der Waals surface area contributed by atoms with Crippen LogP contribution in [0.4, 0.5) is 0 Å². The zero-order valence-electron chi connectivity index (χ0n) is 13.4. The van der Waals surface area contributed by atoms with Gasteiger partial charge in [-0.2, -0.15) is 10.2 Å². The van der Waals surface area contributed by atoms with Crippen molar-refractivity contribution in [3.8, 4) is 0 Å². The van der Waals surface area contributed by atoms with Crippen molar-refractivity contribution in [3.63, 3.8) is 0 Å². The first-order chi connectivity index (χ1) is 9.65. The second-order valence-electron chi connectivity index (χ2n) is 6.30. The smallest absolute Gasteiger partial charge is 0.0676 e. The summed E-state index contributed by atoms with van der Waals surface area (Å²) in [6.07, 6.45) is 6.37. The van der Waals surface area contributed by atoms with Crippen LogP contribution in [0.5, 0.6) is 0 Å². The third-order valence-corrected chi connectivity index (χ3v) is 4.65. The zero-order chi connectivity index (χ0) is 14.5. The van der Waals surface area contributed by atoms with E-state index in [0.29, 0.717) is 6.04 Å². The fourth-order valence-electron chi connectivity index (χ4n) is 3.45. The third kappa shape index (κ3) is 3.57. The van der Waals surface area contributed by atoms with E-state index in [1.807, 2.05) is 6.92 Å². The SMILES string of the molecule is CCNC(c1cc(C)nnc1CC)C1CCC(C)CC1. The average Bonchev–Trinajstić information content (AvgIpc) is 2.46. The van der Waals surface area contributed by atoms with E-state index in [0.717, 1.165) is 30.5 Å². The van der Waals surface area contributed by atoms with Crippen LogP contribution < -0.4 is 5.32 Å². The summed E-state index contributed by atoms with van der Waals surface area (Å²) in [5.41, 5.74) is 3.59. The van der Waals surface area contributed by atoms with Crippen molar-refractivity contribution in [2.75, 3.05) is 6.54 Å². The molecule has 1 aromatic rings. The lowest BCUT2D eigenvalue weighted by Gasteiger charge is -2.34. The number of hydrogen-bond acceptors (Lipinski definition) is 3. The van der Waals surface area contributed by atoms with E-state index >= 15 is 0 Å². The largest absolute Gasteiger partial charge is 0.310 e. The van der Waals surface area contributed by atoms with Gasteiger partial charge in [-0.1, -0.05) is 33.6 Å². The molecule has 3 nitrogen and oxygen atoms in total. The molecule has 1 fully saturated rings. The van der Waals surface area contributed by atoms with Crippen molar-refractivity contribution in [2.24, 2.45) is 11.8 Å². The third-order valence-electron chi connectivity index (χ3n) is 4.65. The van der Waals surface area contributed by atoms with E-state index in [2.05, 4.69) is 42.4 Å². The molecule has 0 amide bonds. The Labute approximate surface area is 123 Å². The first-order valence-electron chi connectivity index (χ1n) is 8.22. The zero-order valence-corrected chi connectivity index (χ0v) is 13.4. The molecule has 1 atom stereocenters. The highest BCUT2D eigenvalue weighted by Crippen LogP contribution is 2.37. The van der Waals surface area contributed by atoms with Crippen LogP contribution in [0.3, 0.4) is 0 Å². The van der Waals surface area contributed by atoms with Crippen LogP contribution >= 0.6 is 0 Å². The summed E-state index contributed by atoms with van der Waals surface area (Å²) in [5, 5.41) is 12.4. The maximum Gasteiger partial charge on any atom is 0.0676 e. The maximum atomic E-state index is 4.42. The summed E-state index contributed by atoms with van der Waals surface area (Å²) < 4.78 is 0. The molecule has 0 aromatic carbocycles. The Bertz CT molecular complexity index is 422. The lowest BCUT2D eigenvalue weighted by atomic mass is 9.77. The molecule has 2 rings (SSSR count). The van der Waals surface area contributed by atoms with Gasteiger partial charge in [0.2, 0.25) is 0 Å². The standard InChI is InChI=1S/C17H29N3/c1-5-16-15(11-13(4)19-20-16)17(18-6-2)14-9-7-12(3)8-10-14/h11-12,14,17-18H,5-10H2,1-4H3. The predicted molar refractivity (Wildman–Crippen MR) is 83.7 cm³/mol. The van der Waals surface area contributed by atoms with E-state index in [9.17, 15) is 0 Å². The van der Waals surface area contributed by atoms with Gasteiger partial charge in [0.15, 0.2) is 0 Å². The van der Waals surface area contributed by atoms with Crippen LogP contribution in [0.1, 0.15) is 69.4 Å². The Balaban J connectivity index is 2.25. The topological polar surface area (TPSA) is 37.8 Å². The summed E-state index contributed by atoms with van der Waals surface area (Å²) >= 11 is 0. The maximum absolute atomic E-state index is 4.42. The van der Waals surface area contributed by atoms with Crippen molar-refractivity contribution < 1.29 is 0 Å². The van der Waals surface area contributed by atoms with Gasteiger partial charge in [0.25, 0.3) is 0 Å². The van der Waals surface area contributed by atoms with E-state index in [1.54, 1.807) is 0 Å². The molecule has 1 aromatic heterocycles. The lowest BCUT2D eigenvalue weighted by Crippen LogP contribution is -2.32. The molecule has 112 valence electrons. The first kappa shape index (κ1) is 15.4. The quantitative estimate of drug-likeness (QED) is 0.887. The van der Waals surface area contributed by atoms with Crippen molar-refractivity contribution >= 4 is 0 Å². The molecule has 0 spiro atoms. The highest BCUT2D eigenvalue weighted by Gasteiger charge is 2.28. The number of nitrogens with zero attached hydrogens (tertiary/aromatic N) is 2. The highest BCUT2D eigenvalue weighted by atomic mass is 15.1. The number of rotatable bonds is 5. The summed E-state index contributed by atoms with van der Waals surface area (Å²) in [4.78, 5) is 0. The number of aromatic nitrogens is 2. The minimum atomic E-state index is 0.455. The lowest BCUT2D eigenvalue weighted by molar-refractivity contribution is 0.232. The Morgan fingerprint density at radius 3 is 2.50 bits per heavy atom. The van der Waals surface area contributed by atoms with Gasteiger partial charge in [-0.05, 0) is 56.2 Å². The van der Waals surface area contributed by atoms with Crippen molar-refractivity contribution in [1.82, 2.24) is 15.5 Å². The molecule has 3 heteroatoms. The Kier molecular flexibility index (Phi) is 5.53. The first-order valence-corrected chi connectivity index (χ1v) is 8.22. The summed E-state index contributed by atoms with van der Waals surface area (Å²) in [6.45, 7) is 9.82. The summed E-state index contributed by atoms with van der Waals surface area (Å²) in [6, 6.07) is 2.70. The van der Waals surface area contributed by atoms with Gasteiger partial charge < -0.3 is 5.32 Å². The molecule has 0 bridgehead atoms. The molecule has 0 aliphatic heterocycles. The molecule has 1 N–H and O–H groups in total. The second kappa shape index (κ2) is 7.16. The van der Waals surface area contributed by atoms with Crippen LogP contribution in [0, 0.1) is 18.8 Å². The fourth-order valence-corrected chi connectivity index (χ4v) is 3.45. The van der Waals surface area contributed by atoms with Crippen LogP contribution in [0.2, 0.25) is 0 Å². The molecule has 1 heterocycles. The van der Waals surface area contributed by atoms with Gasteiger partial charge in [-0.25, -0.2) is 0 Å². The fraction of sp³-hybridized carbons (Fsp3) is 0.765. The molecular weight excluding hydrogens is 246 g/mol. The van der Waals surface area contributed by atoms with E-state index in [1.165, 1.54) is 36.9 Å². The van der Waals surface area contributed by atoms with E-state index < -0.39 is 0 Å². The van der Waals surface area contributed by atoms with Crippen LogP contribution in [0.25, 0.3) is 0 Å². The molecule has 20 heavy (non-hydrogen) atoms. The highest BCUT2D eigenvalue weighted by molar-refractivity contribution is 5.25. The molecule has 0 saturated heterocycles. The van der Waals surface area contributed by atoms with E-state index in [-0.39, 0.29) is 0 Å². The van der Waals surface area contributed by atoms with Crippen molar-refractivity contribution in [3.05, 3.63) is 23.0 Å². The molecule has 1 unspecified atom stereocenters. The monoisotopic (exact) mass is 275 g/mol. The van der Waals surface area contributed by atoms with E-state index in [4.69, 9.17) is 0 Å². The Morgan fingerprint density at radius 1 is 1.20 bits per heavy atom. The van der Waals surface area contributed by atoms with Gasteiger partial charge in [0.05, 0.1) is 11.4 Å². The summed E-state index contributed by atoms with van der Waals surface area (Å²) in [5.74, 6) is 1.65. The second-order valence-corrected chi connectivity index (χ2v) is 6.30. The Hall–Kier alpha value is -0.960. The van der Waals surface area contributed by atoms with Gasteiger partial charge in [0.1, 0.15) is 0 Å². The normalized spacial score (nSPS) is 24.6.